The predicted octanol–water partition coefficient (Wildman–Crippen LogP) is 4.57. The summed E-state index contributed by atoms with van der Waals surface area (Å²) in [5.41, 5.74) is 1.31. The lowest BCUT2D eigenvalue weighted by Crippen LogP contribution is -2.21. The first-order valence-corrected chi connectivity index (χ1v) is 9.73. The van der Waals surface area contributed by atoms with E-state index in [4.69, 9.17) is 37.5 Å². The summed E-state index contributed by atoms with van der Waals surface area (Å²) in [6.07, 6.45) is 2.69. The molecule has 0 atom stereocenters. The number of hydrogen-bond donors (Lipinski definition) is 3. The molecule has 0 saturated carbocycles. The molecule has 0 bridgehead atoms. The summed E-state index contributed by atoms with van der Waals surface area (Å²) >= 11 is 12.2. The number of ether oxygens (including phenoxy) is 1. The van der Waals surface area contributed by atoms with Gasteiger partial charge >= 0.3 is 11.9 Å². The number of benzene rings is 2. The Morgan fingerprint density at radius 3 is 2.44 bits per heavy atom. The molecule has 2 amide bonds. The van der Waals surface area contributed by atoms with Gasteiger partial charge in [0, 0.05) is 28.9 Å². The quantitative estimate of drug-likeness (QED) is 0.369. The Bertz CT molecular complexity index is 1400. The fourth-order valence-electron chi connectivity index (χ4n) is 3.18. The lowest BCUT2D eigenvalue weighted by atomic mass is 10.0. The Balaban J connectivity index is 1.87. The smallest absolute Gasteiger partial charge is 0.394 e. The van der Waals surface area contributed by atoms with Crippen molar-refractivity contribution in [2.45, 2.75) is 0 Å². The normalized spacial score (nSPS) is 10.8. The van der Waals surface area contributed by atoms with Gasteiger partial charge in [0.2, 0.25) is 0 Å². The fourth-order valence-corrected chi connectivity index (χ4v) is 3.64. The van der Waals surface area contributed by atoms with Crippen LogP contribution >= 0.6 is 23.2 Å². The highest BCUT2D eigenvalue weighted by Gasteiger charge is 2.22. The first-order valence-electron chi connectivity index (χ1n) is 8.98. The van der Waals surface area contributed by atoms with Crippen LogP contribution in [0.3, 0.4) is 0 Å². The molecule has 0 aliphatic heterocycles. The number of halogens is 2. The Labute approximate surface area is 189 Å². The van der Waals surface area contributed by atoms with Crippen LogP contribution in [0.5, 0.6) is 5.75 Å². The highest BCUT2D eigenvalue weighted by Crippen LogP contribution is 2.39. The molecule has 2 aromatic heterocycles. The van der Waals surface area contributed by atoms with Gasteiger partial charge in [-0.05, 0) is 30.3 Å². The van der Waals surface area contributed by atoms with Gasteiger partial charge in [0.1, 0.15) is 5.58 Å². The highest BCUT2D eigenvalue weighted by atomic mass is 35.5. The number of furan rings is 1. The van der Waals surface area contributed by atoms with Crippen molar-refractivity contribution >= 4 is 74.3 Å². The predicted molar refractivity (Wildman–Crippen MR) is 119 cm³/mol. The summed E-state index contributed by atoms with van der Waals surface area (Å²) in [6.45, 7) is 0. The van der Waals surface area contributed by atoms with E-state index < -0.39 is 17.8 Å². The number of aliphatic carboxylic acids is 1. The Kier molecular flexibility index (Phi) is 5.60. The zero-order valence-electron chi connectivity index (χ0n) is 16.2. The maximum absolute atomic E-state index is 13.1. The molecule has 162 valence electrons. The van der Waals surface area contributed by atoms with Crippen molar-refractivity contribution in [3.8, 4) is 5.75 Å². The molecule has 11 heteroatoms. The number of carboxylic acids is 1. The van der Waals surface area contributed by atoms with Gasteiger partial charge in [0.05, 0.1) is 28.4 Å². The average Bonchev–Trinajstić information content (AvgIpc) is 3.14. The van der Waals surface area contributed by atoms with E-state index in [1.165, 1.54) is 37.7 Å². The fraction of sp³-hybridized carbons (Fsp3) is 0.0476. The standard InChI is InChI=1S/C21H13Cl2N3O6/c1-31-15-5-3-10(19(27)26-17-12(22)7-24-8-13(17)23)16-11-6-9(25-20(28)21(29)30)2-4-14(11)32-18(15)16/h2-8H,1H3,(H,25,28)(H,29,30)(H,24,26,27). The monoisotopic (exact) mass is 473 g/mol. The molecule has 0 fully saturated rings. The van der Waals surface area contributed by atoms with Crippen LogP contribution < -0.4 is 15.4 Å². The molecule has 2 aromatic carbocycles. The van der Waals surface area contributed by atoms with Crippen LogP contribution in [0.2, 0.25) is 10.0 Å². The Hall–Kier alpha value is -3.82. The summed E-state index contributed by atoms with van der Waals surface area (Å²) in [6, 6.07) is 7.64. The van der Waals surface area contributed by atoms with Gasteiger partial charge in [0.15, 0.2) is 11.3 Å². The number of carbonyl (C=O) groups excluding carboxylic acids is 2. The van der Waals surface area contributed by atoms with Crippen LogP contribution in [0.25, 0.3) is 21.9 Å². The molecule has 3 N–H and O–H groups in total. The summed E-state index contributed by atoms with van der Waals surface area (Å²) < 4.78 is 11.2. The minimum absolute atomic E-state index is 0.159. The van der Waals surface area contributed by atoms with Gasteiger partial charge in [-0.1, -0.05) is 23.2 Å². The number of amides is 2. The molecule has 32 heavy (non-hydrogen) atoms. The van der Waals surface area contributed by atoms with E-state index in [-0.39, 0.29) is 27.0 Å². The number of carboxylic acid groups (broad SMARTS) is 1. The van der Waals surface area contributed by atoms with Crippen molar-refractivity contribution in [2.24, 2.45) is 0 Å². The first-order chi connectivity index (χ1) is 15.3. The lowest BCUT2D eigenvalue weighted by Gasteiger charge is -2.10. The maximum atomic E-state index is 13.1. The van der Waals surface area contributed by atoms with Gasteiger partial charge in [-0.15, -0.1) is 0 Å². The molecule has 0 aliphatic carbocycles. The molecule has 0 radical (unpaired) electrons. The molecule has 0 unspecified atom stereocenters. The number of fused-ring (bicyclic) bond motifs is 3. The number of carbonyl (C=O) groups is 3. The molecule has 0 aliphatic rings. The van der Waals surface area contributed by atoms with Gasteiger partial charge in [-0.2, -0.15) is 0 Å². The number of aromatic nitrogens is 1. The number of anilines is 2. The van der Waals surface area contributed by atoms with Crippen LogP contribution in [-0.2, 0) is 9.59 Å². The van der Waals surface area contributed by atoms with Crippen LogP contribution in [0.1, 0.15) is 10.4 Å². The largest absolute Gasteiger partial charge is 0.493 e. The molecule has 0 saturated heterocycles. The minimum Gasteiger partial charge on any atom is -0.493 e. The zero-order chi connectivity index (χ0) is 23.0. The third-order valence-corrected chi connectivity index (χ3v) is 5.16. The SMILES string of the molecule is COc1ccc(C(=O)Nc2c(Cl)cncc2Cl)c2c1oc1ccc(NC(=O)C(=O)O)cc12. The number of methoxy groups -OCH3 is 1. The van der Waals surface area contributed by atoms with E-state index in [0.717, 1.165) is 0 Å². The van der Waals surface area contributed by atoms with E-state index in [0.29, 0.717) is 27.7 Å². The third kappa shape index (κ3) is 3.79. The second kappa shape index (κ2) is 8.37. The highest BCUT2D eigenvalue weighted by molar-refractivity contribution is 6.40. The van der Waals surface area contributed by atoms with E-state index in [2.05, 4.69) is 15.6 Å². The molecule has 4 aromatic rings. The van der Waals surface area contributed by atoms with E-state index in [9.17, 15) is 14.4 Å². The molecule has 9 nitrogen and oxygen atoms in total. The average molecular weight is 474 g/mol. The van der Waals surface area contributed by atoms with Crippen molar-refractivity contribution in [1.29, 1.82) is 0 Å². The third-order valence-electron chi connectivity index (χ3n) is 4.59. The van der Waals surface area contributed by atoms with Crippen molar-refractivity contribution in [2.75, 3.05) is 17.7 Å². The summed E-state index contributed by atoms with van der Waals surface area (Å²) in [4.78, 5) is 39.4. The van der Waals surface area contributed by atoms with E-state index in [1.54, 1.807) is 12.1 Å². The topological polar surface area (TPSA) is 131 Å². The van der Waals surface area contributed by atoms with Crippen molar-refractivity contribution < 1.29 is 28.6 Å². The second-order valence-corrected chi connectivity index (χ2v) is 7.34. The van der Waals surface area contributed by atoms with E-state index >= 15 is 0 Å². The number of rotatable bonds is 4. The lowest BCUT2D eigenvalue weighted by molar-refractivity contribution is -0.147. The summed E-state index contributed by atoms with van der Waals surface area (Å²) in [7, 11) is 1.46. The number of pyridine rings is 1. The van der Waals surface area contributed by atoms with Gasteiger partial charge in [-0.25, -0.2) is 4.79 Å². The van der Waals surface area contributed by atoms with Crippen LogP contribution in [-0.4, -0.2) is 35.0 Å². The first kappa shape index (κ1) is 21.4. The number of nitrogens with one attached hydrogen (secondary N) is 2. The molecular weight excluding hydrogens is 461 g/mol. The van der Waals surface area contributed by atoms with E-state index in [1.807, 2.05) is 0 Å². The van der Waals surface area contributed by atoms with Crippen LogP contribution in [0.4, 0.5) is 11.4 Å². The summed E-state index contributed by atoms with van der Waals surface area (Å²) in [5, 5.41) is 14.9. The van der Waals surface area contributed by atoms with Crippen LogP contribution in [0, 0.1) is 0 Å². The molecule has 0 spiro atoms. The zero-order valence-corrected chi connectivity index (χ0v) is 17.7. The molecular formula is C21H13Cl2N3O6. The van der Waals surface area contributed by atoms with Crippen molar-refractivity contribution in [1.82, 2.24) is 4.98 Å². The van der Waals surface area contributed by atoms with Gasteiger partial charge in [0.25, 0.3) is 5.91 Å². The number of hydrogen-bond acceptors (Lipinski definition) is 6. The Morgan fingerprint density at radius 2 is 1.78 bits per heavy atom. The van der Waals surface area contributed by atoms with Crippen molar-refractivity contribution in [3.63, 3.8) is 0 Å². The molecule has 2 heterocycles. The number of nitrogens with zero attached hydrogens (tertiary/aromatic N) is 1. The minimum atomic E-state index is -1.63. The van der Waals surface area contributed by atoms with Gasteiger partial charge < -0.3 is 24.9 Å². The Morgan fingerprint density at radius 1 is 1.06 bits per heavy atom. The van der Waals surface area contributed by atoms with Crippen molar-refractivity contribution in [3.05, 3.63) is 58.3 Å². The van der Waals surface area contributed by atoms with Gasteiger partial charge in [-0.3, -0.25) is 14.6 Å². The maximum Gasteiger partial charge on any atom is 0.394 e. The summed E-state index contributed by atoms with van der Waals surface area (Å²) in [5.74, 6) is -2.98. The molecule has 4 rings (SSSR count). The second-order valence-electron chi connectivity index (χ2n) is 6.52. The van der Waals surface area contributed by atoms with Crippen LogP contribution in [0.15, 0.2) is 47.1 Å².